The summed E-state index contributed by atoms with van der Waals surface area (Å²) in [5.41, 5.74) is 5.80. The number of carboxylic acids is 1. The Labute approximate surface area is 106 Å². The molecule has 1 heterocycles. The third-order valence-corrected chi connectivity index (χ3v) is 3.84. The molecule has 1 aliphatic heterocycles. The standard InChI is InChI=1S/C11H20N2O3S/c1-7-5-13(6-8(7)11(15)16)10(14)9(12)3-4-17-2/h7-9H,3-6,12H2,1-2H3,(H,15,16)/t7-,8-,9+/m1/s1. The minimum absolute atomic E-state index is 0.00389. The second-order valence-corrected chi connectivity index (χ2v) is 5.54. The number of carboxylic acid groups (broad SMARTS) is 1. The molecule has 1 rings (SSSR count). The van der Waals surface area contributed by atoms with Crippen LogP contribution in [0, 0.1) is 11.8 Å². The first-order chi connectivity index (χ1) is 7.97. The van der Waals surface area contributed by atoms with Crippen molar-refractivity contribution in [3.8, 4) is 0 Å². The molecule has 0 unspecified atom stereocenters. The lowest BCUT2D eigenvalue weighted by Gasteiger charge is -2.20. The molecule has 0 radical (unpaired) electrons. The van der Waals surface area contributed by atoms with Gasteiger partial charge in [-0.05, 0) is 24.3 Å². The van der Waals surface area contributed by atoms with Crippen LogP contribution in [-0.2, 0) is 9.59 Å². The number of hydrogen-bond acceptors (Lipinski definition) is 4. The summed E-state index contributed by atoms with van der Waals surface area (Å²) in [5.74, 6) is -0.547. The van der Waals surface area contributed by atoms with Crippen LogP contribution in [0.25, 0.3) is 0 Å². The number of thioether (sulfide) groups is 1. The highest BCUT2D eigenvalue weighted by Gasteiger charge is 2.37. The molecule has 0 aromatic rings. The highest BCUT2D eigenvalue weighted by molar-refractivity contribution is 7.98. The van der Waals surface area contributed by atoms with E-state index in [4.69, 9.17) is 10.8 Å². The number of likely N-dealkylation sites (tertiary alicyclic amines) is 1. The summed E-state index contributed by atoms with van der Waals surface area (Å²) in [6, 6.07) is -0.498. The molecule has 0 bridgehead atoms. The number of rotatable bonds is 5. The van der Waals surface area contributed by atoms with Gasteiger partial charge in [0.2, 0.25) is 5.91 Å². The Bertz CT molecular complexity index is 298. The maximum atomic E-state index is 12.0. The van der Waals surface area contributed by atoms with Crippen LogP contribution in [0.4, 0.5) is 0 Å². The number of nitrogens with zero attached hydrogens (tertiary/aromatic N) is 1. The number of carbonyl (C=O) groups excluding carboxylic acids is 1. The molecule has 1 amide bonds. The molecule has 0 spiro atoms. The van der Waals surface area contributed by atoms with Crippen LogP contribution in [-0.4, -0.2) is 53.0 Å². The maximum Gasteiger partial charge on any atom is 0.308 e. The second-order valence-electron chi connectivity index (χ2n) is 4.55. The van der Waals surface area contributed by atoms with Gasteiger partial charge in [0.1, 0.15) is 0 Å². The van der Waals surface area contributed by atoms with E-state index in [1.807, 2.05) is 13.2 Å². The zero-order valence-corrected chi connectivity index (χ0v) is 11.1. The minimum atomic E-state index is -0.828. The number of hydrogen-bond donors (Lipinski definition) is 2. The van der Waals surface area contributed by atoms with Crippen LogP contribution in [0.3, 0.4) is 0 Å². The molecule has 17 heavy (non-hydrogen) atoms. The number of amides is 1. The average molecular weight is 260 g/mol. The molecule has 0 aromatic heterocycles. The fraction of sp³-hybridized carbons (Fsp3) is 0.818. The Hall–Kier alpha value is -0.750. The van der Waals surface area contributed by atoms with Crippen molar-refractivity contribution in [2.24, 2.45) is 17.6 Å². The molecule has 6 heteroatoms. The van der Waals surface area contributed by atoms with Gasteiger partial charge in [0.25, 0.3) is 0 Å². The lowest BCUT2D eigenvalue weighted by Crippen LogP contribution is -2.43. The molecule has 0 aromatic carbocycles. The van der Waals surface area contributed by atoms with Gasteiger partial charge in [-0.3, -0.25) is 9.59 Å². The number of aliphatic carboxylic acids is 1. The third-order valence-electron chi connectivity index (χ3n) is 3.19. The molecular formula is C11H20N2O3S. The summed E-state index contributed by atoms with van der Waals surface area (Å²) < 4.78 is 0. The summed E-state index contributed by atoms with van der Waals surface area (Å²) in [7, 11) is 0. The first-order valence-electron chi connectivity index (χ1n) is 5.73. The first-order valence-corrected chi connectivity index (χ1v) is 7.12. The Morgan fingerprint density at radius 2 is 2.18 bits per heavy atom. The molecule has 1 fully saturated rings. The van der Waals surface area contributed by atoms with E-state index in [9.17, 15) is 9.59 Å². The van der Waals surface area contributed by atoms with Gasteiger partial charge in [-0.2, -0.15) is 11.8 Å². The van der Waals surface area contributed by atoms with Gasteiger partial charge in [0.15, 0.2) is 0 Å². The zero-order valence-electron chi connectivity index (χ0n) is 10.3. The van der Waals surface area contributed by atoms with E-state index >= 15 is 0 Å². The Morgan fingerprint density at radius 3 is 2.65 bits per heavy atom. The van der Waals surface area contributed by atoms with E-state index in [1.165, 1.54) is 0 Å². The van der Waals surface area contributed by atoms with Gasteiger partial charge in [-0.25, -0.2) is 0 Å². The lowest BCUT2D eigenvalue weighted by atomic mass is 9.99. The van der Waals surface area contributed by atoms with Gasteiger partial charge >= 0.3 is 5.97 Å². The molecule has 3 atom stereocenters. The van der Waals surface area contributed by atoms with Gasteiger partial charge in [0, 0.05) is 13.1 Å². The van der Waals surface area contributed by atoms with Crippen LogP contribution in [0.1, 0.15) is 13.3 Å². The smallest absolute Gasteiger partial charge is 0.308 e. The summed E-state index contributed by atoms with van der Waals surface area (Å²) in [5, 5.41) is 8.99. The van der Waals surface area contributed by atoms with Crippen molar-refractivity contribution in [1.29, 1.82) is 0 Å². The SMILES string of the molecule is CSCC[C@H](N)C(=O)N1C[C@@H](C)[C@H](C(=O)O)C1. The van der Waals surface area contributed by atoms with Crippen molar-refractivity contribution in [3.63, 3.8) is 0 Å². The summed E-state index contributed by atoms with van der Waals surface area (Å²) in [4.78, 5) is 24.5. The van der Waals surface area contributed by atoms with Crippen LogP contribution in [0.15, 0.2) is 0 Å². The minimum Gasteiger partial charge on any atom is -0.481 e. The van der Waals surface area contributed by atoms with Crippen molar-refractivity contribution >= 4 is 23.6 Å². The van der Waals surface area contributed by atoms with Crippen LogP contribution in [0.2, 0.25) is 0 Å². The monoisotopic (exact) mass is 260 g/mol. The largest absolute Gasteiger partial charge is 0.481 e. The normalized spacial score (nSPS) is 25.9. The van der Waals surface area contributed by atoms with E-state index < -0.39 is 17.9 Å². The Balaban J connectivity index is 2.52. The first kappa shape index (κ1) is 14.3. The van der Waals surface area contributed by atoms with E-state index in [0.29, 0.717) is 19.5 Å². The van der Waals surface area contributed by atoms with E-state index in [-0.39, 0.29) is 11.8 Å². The van der Waals surface area contributed by atoms with E-state index in [0.717, 1.165) is 5.75 Å². The van der Waals surface area contributed by atoms with Gasteiger partial charge in [-0.15, -0.1) is 0 Å². The Kier molecular flexibility index (Phi) is 5.27. The predicted octanol–water partition coefficient (Wildman–Crippen LogP) is 0.246. The number of nitrogens with two attached hydrogens (primary N) is 1. The maximum absolute atomic E-state index is 12.0. The van der Waals surface area contributed by atoms with Crippen LogP contribution >= 0.6 is 11.8 Å². The molecular weight excluding hydrogens is 240 g/mol. The topological polar surface area (TPSA) is 83.6 Å². The lowest BCUT2D eigenvalue weighted by molar-refractivity contribution is -0.142. The fourth-order valence-electron chi connectivity index (χ4n) is 2.07. The van der Waals surface area contributed by atoms with Crippen LogP contribution in [0.5, 0.6) is 0 Å². The molecule has 1 aliphatic rings. The van der Waals surface area contributed by atoms with E-state index in [1.54, 1.807) is 16.7 Å². The fourth-order valence-corrected chi connectivity index (χ4v) is 2.56. The molecule has 0 saturated carbocycles. The van der Waals surface area contributed by atoms with Gasteiger partial charge in [0.05, 0.1) is 12.0 Å². The summed E-state index contributed by atoms with van der Waals surface area (Å²) in [6.45, 7) is 2.66. The van der Waals surface area contributed by atoms with Crippen molar-refractivity contribution in [2.45, 2.75) is 19.4 Å². The van der Waals surface area contributed by atoms with Gasteiger partial charge in [-0.1, -0.05) is 6.92 Å². The molecule has 5 nitrogen and oxygen atoms in total. The quantitative estimate of drug-likeness (QED) is 0.740. The van der Waals surface area contributed by atoms with Crippen LogP contribution < -0.4 is 5.73 Å². The average Bonchev–Trinajstić information content (AvgIpc) is 2.67. The highest BCUT2D eigenvalue weighted by Crippen LogP contribution is 2.23. The Morgan fingerprint density at radius 1 is 1.53 bits per heavy atom. The second kappa shape index (κ2) is 6.26. The highest BCUT2D eigenvalue weighted by atomic mass is 32.2. The molecule has 1 saturated heterocycles. The van der Waals surface area contributed by atoms with Crippen molar-refractivity contribution in [2.75, 3.05) is 25.1 Å². The van der Waals surface area contributed by atoms with Crippen molar-refractivity contribution < 1.29 is 14.7 Å². The summed E-state index contributed by atoms with van der Waals surface area (Å²) >= 11 is 1.65. The predicted molar refractivity (Wildman–Crippen MR) is 67.8 cm³/mol. The molecule has 0 aliphatic carbocycles. The van der Waals surface area contributed by atoms with E-state index in [2.05, 4.69) is 0 Å². The summed E-state index contributed by atoms with van der Waals surface area (Å²) in [6.07, 6.45) is 2.61. The zero-order chi connectivity index (χ0) is 13.0. The van der Waals surface area contributed by atoms with Gasteiger partial charge < -0.3 is 15.7 Å². The van der Waals surface area contributed by atoms with Crippen molar-refractivity contribution in [1.82, 2.24) is 4.90 Å². The van der Waals surface area contributed by atoms with Crippen molar-refractivity contribution in [3.05, 3.63) is 0 Å². The third kappa shape index (κ3) is 3.61. The number of carbonyl (C=O) groups is 2. The molecule has 98 valence electrons. The molecule has 3 N–H and O–H groups in total.